The summed E-state index contributed by atoms with van der Waals surface area (Å²) in [7, 11) is 0. The lowest BCUT2D eigenvalue weighted by atomic mass is 10.2. The van der Waals surface area contributed by atoms with Gasteiger partial charge in [-0.2, -0.15) is 0 Å². The van der Waals surface area contributed by atoms with E-state index in [1.165, 1.54) is 50.1 Å². The van der Waals surface area contributed by atoms with Gasteiger partial charge in [0.05, 0.1) is 9.75 Å². The smallest absolute Gasteiger partial charge is 0.0784 e. The number of rotatable bonds is 2. The first-order valence-electron chi connectivity index (χ1n) is 13.5. The molecular formula is C38H20S4. The molecule has 42 heavy (non-hydrogen) atoms. The predicted molar refractivity (Wildman–Crippen MR) is 188 cm³/mol. The molecule has 0 nitrogen and oxygen atoms in total. The molecule has 0 saturated carbocycles. The van der Waals surface area contributed by atoms with Gasteiger partial charge in [-0.15, -0.1) is 45.3 Å². The molecule has 196 valence electrons. The Labute approximate surface area is 259 Å². The van der Waals surface area contributed by atoms with Crippen LogP contribution in [-0.2, 0) is 0 Å². The fraction of sp³-hybridized carbons (Fsp3) is 0. The van der Waals surface area contributed by atoms with Crippen LogP contribution < -0.4 is 0 Å². The maximum Gasteiger partial charge on any atom is 0.0784 e. The normalized spacial score (nSPS) is 11.3. The second kappa shape index (κ2) is 10.8. The quantitative estimate of drug-likeness (QED) is 0.172. The van der Waals surface area contributed by atoms with E-state index in [2.05, 4.69) is 84.4 Å². The van der Waals surface area contributed by atoms with E-state index in [-0.39, 0.29) is 0 Å². The zero-order valence-corrected chi connectivity index (χ0v) is 25.4. The highest BCUT2D eigenvalue weighted by Crippen LogP contribution is 2.37. The van der Waals surface area contributed by atoms with Gasteiger partial charge in [0.15, 0.2) is 0 Å². The zero-order valence-electron chi connectivity index (χ0n) is 22.2. The van der Waals surface area contributed by atoms with Gasteiger partial charge in [0.25, 0.3) is 0 Å². The molecule has 0 fully saturated rings. The molecule has 8 aromatic rings. The number of benzene rings is 4. The standard InChI is InChI=1S/C38H20S4/c1-3-7-25(8-4-1)11-13-31-17-27-21-37-29(23-35(27)39-31)19-33(41-37)15-16-34-20-30-24-36-28(22-38(30)42-34)18-32(40-36)14-12-26-9-5-2-6-10-26/h1-10,15-24H. The third-order valence-electron chi connectivity index (χ3n) is 6.97. The molecule has 4 heteroatoms. The Hall–Kier alpha value is -4.42. The topological polar surface area (TPSA) is 0 Å². The highest BCUT2D eigenvalue weighted by atomic mass is 32.1. The fourth-order valence-corrected chi connectivity index (χ4v) is 8.84. The molecule has 0 spiro atoms. The second-order valence-electron chi connectivity index (χ2n) is 9.94. The molecule has 0 N–H and O–H groups in total. The molecule has 0 saturated heterocycles. The summed E-state index contributed by atoms with van der Waals surface area (Å²) >= 11 is 7.21. The minimum Gasteiger partial charge on any atom is -0.136 e. The van der Waals surface area contributed by atoms with Crippen molar-refractivity contribution in [1.82, 2.24) is 0 Å². The third-order valence-corrected chi connectivity index (χ3v) is 11.1. The lowest BCUT2D eigenvalue weighted by Crippen LogP contribution is -1.70. The molecule has 0 bridgehead atoms. The SMILES string of the molecule is C(#Cc1cc2cc3sc(C=Cc4cc5cc6sc(C#Cc7ccccc7)cc6cc5s4)cc3cc2s1)c1ccccc1. The Kier molecular flexibility index (Phi) is 6.49. The number of hydrogen-bond acceptors (Lipinski definition) is 4. The van der Waals surface area contributed by atoms with Crippen molar-refractivity contribution in [2.75, 3.05) is 0 Å². The number of fused-ring (bicyclic) bond motifs is 4. The van der Waals surface area contributed by atoms with E-state index in [4.69, 9.17) is 0 Å². The van der Waals surface area contributed by atoms with E-state index in [1.807, 2.05) is 83.3 Å². The van der Waals surface area contributed by atoms with Gasteiger partial charge in [-0.05, 0) is 106 Å². The van der Waals surface area contributed by atoms with Gasteiger partial charge in [-0.1, -0.05) is 60.1 Å². The highest BCUT2D eigenvalue weighted by molar-refractivity contribution is 7.22. The molecule has 0 aliphatic heterocycles. The van der Waals surface area contributed by atoms with E-state index in [1.54, 1.807) is 22.7 Å². The van der Waals surface area contributed by atoms with Crippen LogP contribution >= 0.6 is 45.3 Å². The van der Waals surface area contributed by atoms with Crippen LogP contribution in [0.2, 0.25) is 0 Å². The van der Waals surface area contributed by atoms with E-state index in [0.717, 1.165) is 20.9 Å². The molecule has 4 aromatic heterocycles. The monoisotopic (exact) mass is 604 g/mol. The van der Waals surface area contributed by atoms with Gasteiger partial charge >= 0.3 is 0 Å². The minimum absolute atomic E-state index is 1.05. The fourth-order valence-electron chi connectivity index (χ4n) is 4.95. The average Bonchev–Trinajstić information content (AvgIpc) is 3.80. The van der Waals surface area contributed by atoms with Crippen molar-refractivity contribution in [3.05, 3.63) is 140 Å². The van der Waals surface area contributed by atoms with E-state index in [9.17, 15) is 0 Å². The van der Waals surface area contributed by atoms with Gasteiger partial charge in [0, 0.05) is 39.7 Å². The third kappa shape index (κ3) is 5.19. The van der Waals surface area contributed by atoms with Crippen molar-refractivity contribution in [3.63, 3.8) is 0 Å². The van der Waals surface area contributed by atoms with Crippen LogP contribution in [0.3, 0.4) is 0 Å². The minimum atomic E-state index is 1.05. The van der Waals surface area contributed by atoms with Crippen LogP contribution in [0.15, 0.2) is 109 Å². The van der Waals surface area contributed by atoms with Gasteiger partial charge in [-0.25, -0.2) is 0 Å². The maximum atomic E-state index is 3.34. The molecule has 0 aliphatic carbocycles. The summed E-state index contributed by atoms with van der Waals surface area (Å²) in [4.78, 5) is 4.75. The van der Waals surface area contributed by atoms with Crippen LogP contribution in [-0.4, -0.2) is 0 Å². The Bertz CT molecular complexity index is 2130. The van der Waals surface area contributed by atoms with Crippen LogP contribution in [0.1, 0.15) is 30.6 Å². The second-order valence-corrected chi connectivity index (χ2v) is 14.3. The van der Waals surface area contributed by atoms with Crippen molar-refractivity contribution >= 4 is 97.8 Å². The van der Waals surface area contributed by atoms with Gasteiger partial charge in [-0.3, -0.25) is 0 Å². The van der Waals surface area contributed by atoms with Crippen LogP contribution in [0, 0.1) is 23.7 Å². The average molecular weight is 605 g/mol. The van der Waals surface area contributed by atoms with Crippen LogP contribution in [0.5, 0.6) is 0 Å². The largest absolute Gasteiger partial charge is 0.136 e. The van der Waals surface area contributed by atoms with Crippen molar-refractivity contribution in [2.45, 2.75) is 0 Å². The first-order chi connectivity index (χ1) is 20.7. The molecule has 8 rings (SSSR count). The van der Waals surface area contributed by atoms with Crippen LogP contribution in [0.4, 0.5) is 0 Å². The molecule has 0 atom stereocenters. The summed E-state index contributed by atoms with van der Waals surface area (Å²) in [5, 5.41) is 5.11. The summed E-state index contributed by atoms with van der Waals surface area (Å²) < 4.78 is 5.19. The van der Waals surface area contributed by atoms with E-state index < -0.39 is 0 Å². The van der Waals surface area contributed by atoms with Crippen molar-refractivity contribution < 1.29 is 0 Å². The molecule has 0 aliphatic rings. The Balaban J connectivity index is 1.03. The summed E-state index contributed by atoms with van der Waals surface area (Å²) in [6.07, 6.45) is 4.50. The summed E-state index contributed by atoms with van der Waals surface area (Å²) in [5.41, 5.74) is 2.09. The summed E-state index contributed by atoms with van der Waals surface area (Å²) in [6.45, 7) is 0. The van der Waals surface area contributed by atoms with Crippen molar-refractivity contribution in [2.24, 2.45) is 0 Å². The molecule has 4 heterocycles. The highest BCUT2D eigenvalue weighted by Gasteiger charge is 2.08. The van der Waals surface area contributed by atoms with Crippen molar-refractivity contribution in [3.8, 4) is 23.7 Å². The molecular weight excluding hydrogens is 585 g/mol. The Morgan fingerprint density at radius 3 is 1.19 bits per heavy atom. The van der Waals surface area contributed by atoms with Crippen LogP contribution in [0.25, 0.3) is 52.5 Å². The number of hydrogen-bond donors (Lipinski definition) is 0. The summed E-state index contributed by atoms with van der Waals surface area (Å²) in [6, 6.07) is 38.6. The van der Waals surface area contributed by atoms with Crippen molar-refractivity contribution in [1.29, 1.82) is 0 Å². The lowest BCUT2D eigenvalue weighted by Gasteiger charge is -1.89. The summed E-state index contributed by atoms with van der Waals surface area (Å²) in [5.74, 6) is 13.2. The zero-order chi connectivity index (χ0) is 27.9. The first kappa shape index (κ1) is 25.3. The van der Waals surface area contributed by atoms with Gasteiger partial charge in [0.2, 0.25) is 0 Å². The first-order valence-corrected chi connectivity index (χ1v) is 16.7. The Morgan fingerprint density at radius 2 is 0.762 bits per heavy atom. The van der Waals surface area contributed by atoms with E-state index >= 15 is 0 Å². The van der Waals surface area contributed by atoms with Gasteiger partial charge < -0.3 is 0 Å². The number of thiophene rings is 4. The molecule has 4 aromatic carbocycles. The van der Waals surface area contributed by atoms with E-state index in [0.29, 0.717) is 0 Å². The van der Waals surface area contributed by atoms with Gasteiger partial charge in [0.1, 0.15) is 0 Å². The molecule has 0 amide bonds. The maximum absolute atomic E-state index is 3.34. The predicted octanol–water partition coefficient (Wildman–Crippen LogP) is 11.5. The molecule has 0 radical (unpaired) electrons. The molecule has 0 unspecified atom stereocenters. The Morgan fingerprint density at radius 1 is 0.381 bits per heavy atom. The lowest BCUT2D eigenvalue weighted by molar-refractivity contribution is 1.65.